The topological polar surface area (TPSA) is 29.5 Å². The predicted octanol–water partition coefficient (Wildman–Crippen LogP) is 1.74. The van der Waals surface area contributed by atoms with Gasteiger partial charge in [-0.15, -0.1) is 0 Å². The molecule has 1 amide bonds. The average Bonchev–Trinajstić information content (AvgIpc) is 2.19. The van der Waals surface area contributed by atoms with Crippen LogP contribution in [0.15, 0.2) is 30.3 Å². The van der Waals surface area contributed by atoms with E-state index in [0.29, 0.717) is 13.0 Å². The quantitative estimate of drug-likeness (QED) is 0.681. The van der Waals surface area contributed by atoms with Gasteiger partial charge in [0.1, 0.15) is 6.61 Å². The Balaban J connectivity index is 1.86. The molecule has 0 N–H and O–H groups in total. The Morgan fingerprint density at radius 3 is 2.71 bits per heavy atom. The lowest BCUT2D eigenvalue weighted by atomic mass is 10.1. The van der Waals surface area contributed by atoms with Crippen LogP contribution in [0.3, 0.4) is 0 Å². The number of hydrogen-bond acceptors (Lipinski definition) is 2. The van der Waals surface area contributed by atoms with Gasteiger partial charge in [0.05, 0.1) is 12.5 Å². The summed E-state index contributed by atoms with van der Waals surface area (Å²) in [5.41, 5.74) is 1.08. The second-order valence-electron chi connectivity index (χ2n) is 3.53. The van der Waals surface area contributed by atoms with E-state index in [-0.39, 0.29) is 11.9 Å². The average molecular weight is 191 g/mol. The number of β-lactam (4-membered cyclic amide) rings is 1. The molecule has 0 bridgehead atoms. The van der Waals surface area contributed by atoms with Crippen LogP contribution in [-0.2, 0) is 16.2 Å². The fraction of sp³-hybridized carbons (Fsp3) is 0.364. The van der Waals surface area contributed by atoms with Crippen molar-refractivity contribution in [3.05, 3.63) is 35.9 Å². The summed E-state index contributed by atoms with van der Waals surface area (Å²) in [5, 5.41) is 1.45. The first-order chi connectivity index (χ1) is 6.77. The molecular weight excluding hydrogens is 178 g/mol. The highest BCUT2D eigenvalue weighted by atomic mass is 16.7. The molecule has 3 heteroatoms. The maximum absolute atomic E-state index is 11.1. The smallest absolute Gasteiger partial charge is 0.248 e. The highest BCUT2D eigenvalue weighted by molar-refractivity contribution is 5.81. The summed E-state index contributed by atoms with van der Waals surface area (Å²) in [7, 11) is 0. The van der Waals surface area contributed by atoms with Crippen LogP contribution in [0.2, 0.25) is 0 Å². The van der Waals surface area contributed by atoms with Crippen LogP contribution in [0.25, 0.3) is 0 Å². The molecular formula is C11H13NO2. The zero-order valence-electron chi connectivity index (χ0n) is 8.14. The van der Waals surface area contributed by atoms with Crippen LogP contribution >= 0.6 is 0 Å². The Bertz CT molecular complexity index is 323. The van der Waals surface area contributed by atoms with Gasteiger partial charge >= 0.3 is 0 Å². The van der Waals surface area contributed by atoms with Crippen LogP contribution < -0.4 is 0 Å². The van der Waals surface area contributed by atoms with Crippen molar-refractivity contribution >= 4 is 5.91 Å². The molecule has 1 aromatic carbocycles. The Labute approximate surface area is 83.2 Å². The number of nitrogens with zero attached hydrogens (tertiary/aromatic N) is 1. The molecule has 2 rings (SSSR count). The lowest BCUT2D eigenvalue weighted by molar-refractivity contribution is -0.230. The number of benzene rings is 1. The van der Waals surface area contributed by atoms with Crippen LogP contribution in [0.4, 0.5) is 0 Å². The van der Waals surface area contributed by atoms with E-state index in [1.165, 1.54) is 5.06 Å². The minimum Gasteiger partial charge on any atom is -0.272 e. The van der Waals surface area contributed by atoms with Gasteiger partial charge in [0.15, 0.2) is 0 Å². The van der Waals surface area contributed by atoms with Crippen molar-refractivity contribution < 1.29 is 9.63 Å². The first-order valence-corrected chi connectivity index (χ1v) is 4.76. The molecule has 3 nitrogen and oxygen atoms in total. The van der Waals surface area contributed by atoms with Gasteiger partial charge < -0.3 is 0 Å². The second-order valence-corrected chi connectivity index (χ2v) is 3.53. The lowest BCUT2D eigenvalue weighted by Crippen LogP contribution is -2.50. The van der Waals surface area contributed by atoms with Gasteiger partial charge in [0.25, 0.3) is 0 Å². The largest absolute Gasteiger partial charge is 0.272 e. The molecule has 1 fully saturated rings. The Morgan fingerprint density at radius 1 is 1.43 bits per heavy atom. The van der Waals surface area contributed by atoms with Gasteiger partial charge in [0.2, 0.25) is 5.91 Å². The van der Waals surface area contributed by atoms with Crippen LogP contribution in [-0.4, -0.2) is 17.0 Å². The number of hydrogen-bond donors (Lipinski definition) is 0. The second kappa shape index (κ2) is 3.80. The molecule has 1 heterocycles. The number of carbonyl (C=O) groups is 1. The van der Waals surface area contributed by atoms with E-state index in [1.807, 2.05) is 37.3 Å². The van der Waals surface area contributed by atoms with E-state index in [1.54, 1.807) is 0 Å². The van der Waals surface area contributed by atoms with E-state index in [9.17, 15) is 4.79 Å². The normalized spacial score (nSPS) is 20.8. The standard InChI is InChI=1S/C11H13NO2/c1-9-7-11(13)12(9)14-8-10-5-3-2-4-6-10/h2-6,9H,7-8H2,1H3. The summed E-state index contributed by atoms with van der Waals surface area (Å²) in [5.74, 6) is 0.0773. The third-order valence-corrected chi connectivity index (χ3v) is 2.33. The molecule has 0 aromatic heterocycles. The molecule has 1 saturated heterocycles. The highest BCUT2D eigenvalue weighted by Gasteiger charge is 2.33. The number of rotatable bonds is 3. The molecule has 1 atom stereocenters. The summed E-state index contributed by atoms with van der Waals surface area (Å²) < 4.78 is 0. The van der Waals surface area contributed by atoms with Crippen molar-refractivity contribution in [1.82, 2.24) is 5.06 Å². The van der Waals surface area contributed by atoms with E-state index in [4.69, 9.17) is 4.84 Å². The SMILES string of the molecule is CC1CC(=O)N1OCc1ccccc1. The molecule has 0 spiro atoms. The van der Waals surface area contributed by atoms with Crippen molar-refractivity contribution in [3.63, 3.8) is 0 Å². The molecule has 0 saturated carbocycles. The Hall–Kier alpha value is -1.35. The number of carbonyl (C=O) groups excluding carboxylic acids is 1. The van der Waals surface area contributed by atoms with Gasteiger partial charge in [-0.1, -0.05) is 30.3 Å². The Kier molecular flexibility index (Phi) is 2.50. The fourth-order valence-electron chi connectivity index (χ4n) is 1.48. The molecule has 1 aromatic rings. The van der Waals surface area contributed by atoms with E-state index >= 15 is 0 Å². The van der Waals surface area contributed by atoms with Crippen LogP contribution in [0.5, 0.6) is 0 Å². The van der Waals surface area contributed by atoms with Gasteiger partial charge in [0, 0.05) is 0 Å². The summed E-state index contributed by atoms with van der Waals surface area (Å²) in [4.78, 5) is 16.4. The van der Waals surface area contributed by atoms with Gasteiger partial charge in [-0.3, -0.25) is 9.63 Å². The summed E-state index contributed by atoms with van der Waals surface area (Å²) in [6, 6.07) is 10.1. The Morgan fingerprint density at radius 2 is 2.14 bits per heavy atom. The fourth-order valence-corrected chi connectivity index (χ4v) is 1.48. The molecule has 1 aliphatic heterocycles. The van der Waals surface area contributed by atoms with Crippen molar-refractivity contribution in [2.24, 2.45) is 0 Å². The van der Waals surface area contributed by atoms with Crippen LogP contribution in [0, 0.1) is 0 Å². The van der Waals surface area contributed by atoms with E-state index in [0.717, 1.165) is 5.56 Å². The van der Waals surface area contributed by atoms with Crippen LogP contribution in [0.1, 0.15) is 18.9 Å². The monoisotopic (exact) mass is 191 g/mol. The molecule has 1 unspecified atom stereocenters. The molecule has 1 aliphatic rings. The van der Waals surface area contributed by atoms with E-state index in [2.05, 4.69) is 0 Å². The van der Waals surface area contributed by atoms with Crippen molar-refractivity contribution in [3.8, 4) is 0 Å². The summed E-state index contributed by atoms with van der Waals surface area (Å²) in [6.07, 6.45) is 0.606. The first kappa shape index (κ1) is 9.21. The lowest BCUT2D eigenvalue weighted by Gasteiger charge is -2.36. The van der Waals surface area contributed by atoms with Gasteiger partial charge in [-0.2, -0.15) is 0 Å². The summed E-state index contributed by atoms with van der Waals surface area (Å²) >= 11 is 0. The van der Waals surface area contributed by atoms with E-state index < -0.39 is 0 Å². The molecule has 0 aliphatic carbocycles. The third kappa shape index (κ3) is 1.77. The number of hydroxylamine groups is 2. The third-order valence-electron chi connectivity index (χ3n) is 2.33. The van der Waals surface area contributed by atoms with Crippen molar-refractivity contribution in [2.75, 3.05) is 0 Å². The van der Waals surface area contributed by atoms with Crippen molar-refractivity contribution in [2.45, 2.75) is 26.0 Å². The predicted molar refractivity (Wildman–Crippen MR) is 52.2 cm³/mol. The molecule has 74 valence electrons. The molecule has 0 radical (unpaired) electrons. The minimum atomic E-state index is 0.0773. The zero-order valence-corrected chi connectivity index (χ0v) is 8.14. The number of amides is 1. The zero-order chi connectivity index (χ0) is 9.97. The highest BCUT2D eigenvalue weighted by Crippen LogP contribution is 2.19. The maximum atomic E-state index is 11.1. The summed E-state index contributed by atoms with van der Waals surface area (Å²) in [6.45, 7) is 2.45. The molecule has 14 heavy (non-hydrogen) atoms. The minimum absolute atomic E-state index is 0.0773. The van der Waals surface area contributed by atoms with Crippen molar-refractivity contribution in [1.29, 1.82) is 0 Å². The first-order valence-electron chi connectivity index (χ1n) is 4.76. The van der Waals surface area contributed by atoms with Gasteiger partial charge in [-0.25, -0.2) is 5.06 Å². The van der Waals surface area contributed by atoms with Gasteiger partial charge in [-0.05, 0) is 12.5 Å². The maximum Gasteiger partial charge on any atom is 0.248 e.